The molecule has 0 aromatic heterocycles. The zero-order valence-corrected chi connectivity index (χ0v) is 25.9. The molecule has 0 atom stereocenters. The second kappa shape index (κ2) is 20.7. The zero-order chi connectivity index (χ0) is 30.5. The molecule has 4 rings (SSSR count). The summed E-state index contributed by atoms with van der Waals surface area (Å²) in [6.07, 6.45) is 0. The molecule has 4 aromatic rings. The van der Waals surface area contributed by atoms with Gasteiger partial charge in [-0.3, -0.25) is 0 Å². The van der Waals surface area contributed by atoms with Crippen molar-refractivity contribution < 1.29 is 19.1 Å². The van der Waals surface area contributed by atoms with Gasteiger partial charge in [-0.1, -0.05) is 115 Å². The normalized spacial score (nSPS) is 8.95. The highest BCUT2D eigenvalue weighted by Crippen LogP contribution is 2.23. The summed E-state index contributed by atoms with van der Waals surface area (Å²) in [5, 5.41) is 0. The van der Waals surface area contributed by atoms with E-state index in [-0.39, 0.29) is 0 Å². The number of carbonyl (C=O) groups is 2. The highest BCUT2D eigenvalue weighted by atomic mass is 16.5. The van der Waals surface area contributed by atoms with E-state index in [0.717, 1.165) is 16.7 Å². The maximum absolute atomic E-state index is 12.5. The van der Waals surface area contributed by atoms with Crippen LogP contribution in [0.15, 0.2) is 97.1 Å². The Labute approximate surface area is 242 Å². The summed E-state index contributed by atoms with van der Waals surface area (Å²) in [7, 11) is 0. The Hall–Kier alpha value is -4.18. The van der Waals surface area contributed by atoms with Crippen LogP contribution in [0.4, 0.5) is 0 Å². The monoisotopic (exact) mass is 542 g/mol. The number of hydrogen-bond acceptors (Lipinski definition) is 4. The van der Waals surface area contributed by atoms with Crippen molar-refractivity contribution >= 4 is 11.9 Å². The predicted octanol–water partition coefficient (Wildman–Crippen LogP) is 10.5. The van der Waals surface area contributed by atoms with E-state index >= 15 is 0 Å². The minimum absolute atomic E-state index is 0.356. The van der Waals surface area contributed by atoms with Crippen molar-refractivity contribution in [3.05, 3.63) is 119 Å². The van der Waals surface area contributed by atoms with Crippen LogP contribution < -0.4 is 9.47 Å². The standard InChI is InChI=1S/C28H22O4.4C2H6/c1-19-3-7-21(8-4-19)22-11-15-25(16-12-22)31-28(30)24-13-17-26(18-14-24)32-27(29)23-9-5-20(2)6-10-23;4*1-2/h3-18H,1-2H3;4*1-2H3. The molecule has 0 saturated heterocycles. The van der Waals surface area contributed by atoms with Gasteiger partial charge in [0.1, 0.15) is 11.5 Å². The minimum Gasteiger partial charge on any atom is -0.423 e. The van der Waals surface area contributed by atoms with E-state index in [0.29, 0.717) is 22.6 Å². The third kappa shape index (κ3) is 11.7. The number of rotatable bonds is 5. The molecule has 0 aliphatic heterocycles. The van der Waals surface area contributed by atoms with Gasteiger partial charge in [0, 0.05) is 0 Å². The molecule has 0 unspecified atom stereocenters. The Morgan fingerprint density at radius 1 is 0.400 bits per heavy atom. The van der Waals surface area contributed by atoms with Crippen LogP contribution in [0.3, 0.4) is 0 Å². The van der Waals surface area contributed by atoms with Gasteiger partial charge in [0.15, 0.2) is 0 Å². The van der Waals surface area contributed by atoms with Crippen LogP contribution in [-0.2, 0) is 0 Å². The molecule has 40 heavy (non-hydrogen) atoms. The molecule has 0 aliphatic rings. The van der Waals surface area contributed by atoms with Gasteiger partial charge in [0.2, 0.25) is 0 Å². The largest absolute Gasteiger partial charge is 0.423 e. The van der Waals surface area contributed by atoms with Crippen LogP contribution in [0.5, 0.6) is 11.5 Å². The van der Waals surface area contributed by atoms with Gasteiger partial charge in [0.05, 0.1) is 11.1 Å². The summed E-state index contributed by atoms with van der Waals surface area (Å²) < 4.78 is 10.8. The number of ether oxygens (including phenoxy) is 2. The Balaban J connectivity index is 0.00000175. The Bertz CT molecular complexity index is 1220. The SMILES string of the molecule is CC.CC.CC.CC.Cc1ccc(C(=O)Oc2ccc(C(=O)Oc3ccc(-c4ccc(C)cc4)cc3)cc2)cc1. The lowest BCUT2D eigenvalue weighted by Crippen LogP contribution is -2.10. The number of benzene rings is 4. The molecular weight excluding hydrogens is 496 g/mol. The molecule has 0 bridgehead atoms. The molecule has 4 heteroatoms. The topological polar surface area (TPSA) is 52.6 Å². The van der Waals surface area contributed by atoms with E-state index in [9.17, 15) is 9.59 Å². The van der Waals surface area contributed by atoms with Crippen molar-refractivity contribution in [3.63, 3.8) is 0 Å². The van der Waals surface area contributed by atoms with E-state index in [4.69, 9.17) is 9.47 Å². The summed E-state index contributed by atoms with van der Waals surface area (Å²) >= 11 is 0. The van der Waals surface area contributed by atoms with Crippen molar-refractivity contribution in [1.82, 2.24) is 0 Å². The first-order valence-electron chi connectivity index (χ1n) is 14.3. The molecule has 0 fully saturated rings. The fourth-order valence-corrected chi connectivity index (χ4v) is 3.14. The van der Waals surface area contributed by atoms with Crippen LogP contribution >= 0.6 is 0 Å². The lowest BCUT2D eigenvalue weighted by atomic mass is 10.0. The van der Waals surface area contributed by atoms with Gasteiger partial charge < -0.3 is 9.47 Å². The van der Waals surface area contributed by atoms with Gasteiger partial charge in [-0.05, 0) is 73.5 Å². The molecule has 214 valence electrons. The van der Waals surface area contributed by atoms with Crippen molar-refractivity contribution in [2.24, 2.45) is 0 Å². The zero-order valence-electron chi connectivity index (χ0n) is 25.9. The molecule has 0 heterocycles. The second-order valence-corrected chi connectivity index (χ2v) is 7.56. The summed E-state index contributed by atoms with van der Waals surface area (Å²) in [6.45, 7) is 20.0. The van der Waals surface area contributed by atoms with Gasteiger partial charge in [-0.2, -0.15) is 0 Å². The fourth-order valence-electron chi connectivity index (χ4n) is 3.14. The highest BCUT2D eigenvalue weighted by Gasteiger charge is 2.12. The van der Waals surface area contributed by atoms with Crippen LogP contribution in [0.2, 0.25) is 0 Å². The Kier molecular flexibility index (Phi) is 18.6. The summed E-state index contributed by atoms with van der Waals surface area (Å²) in [5.74, 6) is -0.117. The molecule has 4 aromatic carbocycles. The second-order valence-electron chi connectivity index (χ2n) is 7.56. The molecule has 0 saturated carbocycles. The van der Waals surface area contributed by atoms with Crippen LogP contribution in [0.1, 0.15) is 87.2 Å². The number of hydrogen-bond donors (Lipinski definition) is 0. The fraction of sp³-hybridized carbons (Fsp3) is 0.278. The quantitative estimate of drug-likeness (QED) is 0.186. The molecular formula is C36H46O4. The van der Waals surface area contributed by atoms with Crippen molar-refractivity contribution in [1.29, 1.82) is 0 Å². The predicted molar refractivity (Wildman–Crippen MR) is 170 cm³/mol. The lowest BCUT2D eigenvalue weighted by Gasteiger charge is -2.08. The third-order valence-electron chi connectivity index (χ3n) is 5.04. The number of esters is 2. The van der Waals surface area contributed by atoms with Gasteiger partial charge in [-0.25, -0.2) is 9.59 Å². The van der Waals surface area contributed by atoms with E-state index < -0.39 is 11.9 Å². The molecule has 0 amide bonds. The summed E-state index contributed by atoms with van der Waals surface area (Å²) in [4.78, 5) is 24.7. The summed E-state index contributed by atoms with van der Waals surface area (Å²) in [6, 6.07) is 29.0. The minimum atomic E-state index is -0.482. The molecule has 0 radical (unpaired) electrons. The van der Waals surface area contributed by atoms with E-state index in [1.54, 1.807) is 48.5 Å². The maximum atomic E-state index is 12.5. The van der Waals surface area contributed by atoms with Gasteiger partial charge in [0.25, 0.3) is 0 Å². The summed E-state index contributed by atoms with van der Waals surface area (Å²) in [5.41, 5.74) is 5.24. The molecule has 0 N–H and O–H groups in total. The molecule has 0 aliphatic carbocycles. The van der Waals surface area contributed by atoms with E-state index in [1.165, 1.54) is 5.56 Å². The van der Waals surface area contributed by atoms with E-state index in [2.05, 4.69) is 24.3 Å². The Morgan fingerprint density at radius 3 is 1.00 bits per heavy atom. The van der Waals surface area contributed by atoms with Crippen LogP contribution in [0.25, 0.3) is 11.1 Å². The average molecular weight is 543 g/mol. The number of carbonyl (C=O) groups excluding carboxylic acids is 2. The average Bonchev–Trinajstić information content (AvgIpc) is 3.02. The van der Waals surface area contributed by atoms with Crippen molar-refractivity contribution in [2.75, 3.05) is 0 Å². The number of aryl methyl sites for hydroxylation is 2. The highest BCUT2D eigenvalue weighted by molar-refractivity contribution is 5.92. The van der Waals surface area contributed by atoms with Gasteiger partial charge in [-0.15, -0.1) is 0 Å². The van der Waals surface area contributed by atoms with Crippen LogP contribution in [0, 0.1) is 13.8 Å². The lowest BCUT2D eigenvalue weighted by molar-refractivity contribution is 0.0730. The maximum Gasteiger partial charge on any atom is 0.343 e. The van der Waals surface area contributed by atoms with Crippen molar-refractivity contribution in [2.45, 2.75) is 69.2 Å². The van der Waals surface area contributed by atoms with Crippen LogP contribution in [-0.4, -0.2) is 11.9 Å². The first-order valence-corrected chi connectivity index (χ1v) is 14.3. The Morgan fingerprint density at radius 2 is 0.650 bits per heavy atom. The first kappa shape index (κ1) is 35.8. The van der Waals surface area contributed by atoms with Gasteiger partial charge >= 0.3 is 11.9 Å². The smallest absolute Gasteiger partial charge is 0.343 e. The van der Waals surface area contributed by atoms with Crippen molar-refractivity contribution in [3.8, 4) is 22.6 Å². The molecule has 0 spiro atoms. The third-order valence-corrected chi connectivity index (χ3v) is 5.04. The van der Waals surface area contributed by atoms with E-state index in [1.807, 2.05) is 93.5 Å². The first-order chi connectivity index (χ1) is 19.5. The molecule has 4 nitrogen and oxygen atoms in total.